The lowest BCUT2D eigenvalue weighted by molar-refractivity contribution is -0.133. The molecule has 1 atom stereocenters. The van der Waals surface area contributed by atoms with Gasteiger partial charge in [-0.1, -0.05) is 56.3 Å². The Kier molecular flexibility index (Phi) is 5.78. The number of hydrogen-bond donors (Lipinski definition) is 2. The number of amides is 2. The molecular weight excluding hydrogens is 410 g/mol. The summed E-state index contributed by atoms with van der Waals surface area (Å²) in [5.74, 6) is 0.134. The summed E-state index contributed by atoms with van der Waals surface area (Å²) in [4.78, 5) is 29.9. The highest BCUT2D eigenvalue weighted by molar-refractivity contribution is 7.13. The third-order valence-electron chi connectivity index (χ3n) is 5.57. The lowest BCUT2D eigenvalue weighted by Gasteiger charge is -2.36. The molecule has 1 unspecified atom stereocenters. The number of ether oxygens (including phenoxy) is 1. The van der Waals surface area contributed by atoms with Crippen molar-refractivity contribution in [1.82, 2.24) is 10.3 Å². The summed E-state index contributed by atoms with van der Waals surface area (Å²) in [5.41, 5.74) is 8.01. The molecule has 160 valence electrons. The number of nitrogens with two attached hydrogens (primary N) is 1. The second kappa shape index (κ2) is 8.51. The highest BCUT2D eigenvalue weighted by Gasteiger charge is 2.44. The lowest BCUT2D eigenvalue weighted by atomic mass is 9.83. The molecule has 3 aromatic rings. The quantitative estimate of drug-likeness (QED) is 0.616. The molecule has 2 amide bonds. The number of benzene rings is 2. The lowest BCUT2D eigenvalue weighted by Crippen LogP contribution is -2.57. The van der Waals surface area contributed by atoms with Crippen LogP contribution in [0.1, 0.15) is 43.0 Å². The fraction of sp³-hybridized carbons (Fsp3) is 0.292. The van der Waals surface area contributed by atoms with Crippen LogP contribution >= 0.6 is 11.3 Å². The van der Waals surface area contributed by atoms with Gasteiger partial charge in [0.15, 0.2) is 5.54 Å². The number of hydrogen-bond acceptors (Lipinski definition) is 5. The number of nitrogens with zero attached hydrogens (tertiary/aromatic N) is 1. The summed E-state index contributed by atoms with van der Waals surface area (Å²) in [6.07, 6.45) is 0.355. The molecule has 7 heteroatoms. The minimum atomic E-state index is -1.28. The Morgan fingerprint density at radius 2 is 1.94 bits per heavy atom. The molecule has 0 fully saturated rings. The van der Waals surface area contributed by atoms with Crippen LogP contribution in [0.3, 0.4) is 0 Å². The average Bonchev–Trinajstić information content (AvgIpc) is 3.22. The molecule has 1 aliphatic heterocycles. The zero-order chi connectivity index (χ0) is 22.0. The van der Waals surface area contributed by atoms with Gasteiger partial charge in [-0.15, -0.1) is 11.3 Å². The van der Waals surface area contributed by atoms with E-state index in [1.54, 1.807) is 18.2 Å². The van der Waals surface area contributed by atoms with Crippen molar-refractivity contribution in [3.8, 4) is 16.3 Å². The Labute approximate surface area is 185 Å². The Morgan fingerprint density at radius 3 is 2.65 bits per heavy atom. The maximum absolute atomic E-state index is 12.9. The molecule has 1 aliphatic rings. The molecule has 3 N–H and O–H groups in total. The van der Waals surface area contributed by atoms with Crippen molar-refractivity contribution in [3.63, 3.8) is 0 Å². The third kappa shape index (κ3) is 4.18. The van der Waals surface area contributed by atoms with E-state index in [2.05, 4.69) is 48.4 Å². The number of thiazole rings is 1. The van der Waals surface area contributed by atoms with E-state index in [1.165, 1.54) is 16.9 Å². The fourth-order valence-electron chi connectivity index (χ4n) is 3.82. The molecule has 0 bridgehead atoms. The molecule has 0 saturated heterocycles. The largest absolute Gasteiger partial charge is 0.493 e. The molecule has 1 aromatic heterocycles. The van der Waals surface area contributed by atoms with E-state index in [-0.39, 0.29) is 18.7 Å². The number of aromatic nitrogens is 1. The number of fused-ring (bicyclic) bond motifs is 1. The van der Waals surface area contributed by atoms with E-state index in [1.807, 2.05) is 11.4 Å². The Bertz CT molecular complexity index is 1110. The number of carbonyl (C=O) groups excluding carboxylic acids is 2. The maximum Gasteiger partial charge on any atom is 0.248 e. The van der Waals surface area contributed by atoms with Gasteiger partial charge in [0.05, 0.1) is 18.7 Å². The molecule has 0 saturated carbocycles. The standard InChI is InChI=1S/C24H25N3O3S/c1-15(2)16-7-9-17(10-8-16)22-26-18(14-31-22)13-21(28)27-24(23(25)29)11-12-30-20-6-4-3-5-19(20)24/h3-10,14-15H,11-13H2,1-2H3,(H2,25,29)(H,27,28). The van der Waals surface area contributed by atoms with Gasteiger partial charge in [0.25, 0.3) is 0 Å². The van der Waals surface area contributed by atoms with E-state index in [4.69, 9.17) is 10.5 Å². The van der Waals surface area contributed by atoms with Crippen LogP contribution in [-0.4, -0.2) is 23.4 Å². The van der Waals surface area contributed by atoms with Crippen LogP contribution in [0.2, 0.25) is 0 Å². The van der Waals surface area contributed by atoms with Crippen LogP contribution in [-0.2, 0) is 21.5 Å². The topological polar surface area (TPSA) is 94.3 Å². The Balaban J connectivity index is 1.51. The van der Waals surface area contributed by atoms with Crippen molar-refractivity contribution in [2.75, 3.05) is 6.61 Å². The van der Waals surface area contributed by atoms with Gasteiger partial charge in [-0.05, 0) is 17.5 Å². The van der Waals surface area contributed by atoms with E-state index in [9.17, 15) is 9.59 Å². The van der Waals surface area contributed by atoms with Crippen LogP contribution in [0.15, 0.2) is 53.9 Å². The number of carbonyl (C=O) groups is 2. The van der Waals surface area contributed by atoms with Gasteiger partial charge in [-0.25, -0.2) is 4.98 Å². The van der Waals surface area contributed by atoms with Crippen molar-refractivity contribution < 1.29 is 14.3 Å². The second-order valence-corrected chi connectivity index (χ2v) is 8.87. The Hall–Kier alpha value is -3.19. The van der Waals surface area contributed by atoms with Gasteiger partial charge < -0.3 is 15.8 Å². The SMILES string of the molecule is CC(C)c1ccc(-c2nc(CC(=O)NC3(C(N)=O)CCOc4ccccc43)cs2)cc1. The van der Waals surface area contributed by atoms with Crippen molar-refractivity contribution in [3.05, 3.63) is 70.7 Å². The molecule has 0 aliphatic carbocycles. The normalized spacial score (nSPS) is 17.6. The van der Waals surface area contributed by atoms with Crippen molar-refractivity contribution in [2.45, 2.75) is 38.1 Å². The number of rotatable bonds is 6. The van der Waals surface area contributed by atoms with Crippen LogP contribution < -0.4 is 15.8 Å². The van der Waals surface area contributed by atoms with Crippen molar-refractivity contribution in [2.24, 2.45) is 5.73 Å². The first kappa shape index (κ1) is 21.1. The van der Waals surface area contributed by atoms with Gasteiger partial charge in [0, 0.05) is 22.9 Å². The minimum absolute atomic E-state index is 0.0681. The van der Waals surface area contributed by atoms with Crippen LogP contribution in [0.4, 0.5) is 0 Å². The summed E-state index contributed by atoms with van der Waals surface area (Å²) < 4.78 is 5.63. The fourth-order valence-corrected chi connectivity index (χ4v) is 4.65. The molecule has 0 spiro atoms. The first-order valence-electron chi connectivity index (χ1n) is 10.3. The molecule has 31 heavy (non-hydrogen) atoms. The molecule has 2 aromatic carbocycles. The maximum atomic E-state index is 12.9. The van der Waals surface area contributed by atoms with E-state index in [0.29, 0.717) is 29.5 Å². The van der Waals surface area contributed by atoms with Crippen LogP contribution in [0.25, 0.3) is 10.6 Å². The first-order valence-corrected chi connectivity index (χ1v) is 11.1. The molecule has 6 nitrogen and oxygen atoms in total. The monoisotopic (exact) mass is 435 g/mol. The van der Waals surface area contributed by atoms with Gasteiger partial charge in [-0.2, -0.15) is 0 Å². The second-order valence-electron chi connectivity index (χ2n) is 8.01. The van der Waals surface area contributed by atoms with Crippen LogP contribution in [0, 0.1) is 0 Å². The van der Waals surface area contributed by atoms with E-state index in [0.717, 1.165) is 10.6 Å². The Morgan fingerprint density at radius 1 is 1.19 bits per heavy atom. The zero-order valence-electron chi connectivity index (χ0n) is 17.6. The number of para-hydroxylation sites is 1. The van der Waals surface area contributed by atoms with E-state index < -0.39 is 11.4 Å². The summed E-state index contributed by atoms with van der Waals surface area (Å²) in [7, 11) is 0. The highest BCUT2D eigenvalue weighted by Crippen LogP contribution is 2.37. The first-order chi connectivity index (χ1) is 14.9. The number of nitrogens with one attached hydrogen (secondary N) is 1. The van der Waals surface area contributed by atoms with Gasteiger partial charge in [-0.3, -0.25) is 9.59 Å². The predicted molar refractivity (Wildman–Crippen MR) is 121 cm³/mol. The van der Waals surface area contributed by atoms with Gasteiger partial charge in [0.2, 0.25) is 11.8 Å². The average molecular weight is 436 g/mol. The minimum Gasteiger partial charge on any atom is -0.493 e. The molecule has 2 heterocycles. The molecule has 4 rings (SSSR count). The summed E-state index contributed by atoms with van der Waals surface area (Å²) in [6.45, 7) is 4.61. The zero-order valence-corrected chi connectivity index (χ0v) is 18.4. The van der Waals surface area contributed by atoms with Gasteiger partial charge >= 0.3 is 0 Å². The molecule has 0 radical (unpaired) electrons. The molecular formula is C24H25N3O3S. The summed E-state index contributed by atoms with van der Waals surface area (Å²) in [6, 6.07) is 15.5. The van der Waals surface area contributed by atoms with Crippen molar-refractivity contribution in [1.29, 1.82) is 0 Å². The predicted octanol–water partition coefficient (Wildman–Crippen LogP) is 3.76. The van der Waals surface area contributed by atoms with Crippen molar-refractivity contribution >= 4 is 23.2 Å². The summed E-state index contributed by atoms with van der Waals surface area (Å²) >= 11 is 1.50. The van der Waals surface area contributed by atoms with E-state index >= 15 is 0 Å². The van der Waals surface area contributed by atoms with Crippen LogP contribution in [0.5, 0.6) is 5.75 Å². The smallest absolute Gasteiger partial charge is 0.248 e. The third-order valence-corrected chi connectivity index (χ3v) is 6.51. The highest BCUT2D eigenvalue weighted by atomic mass is 32.1. The van der Waals surface area contributed by atoms with Gasteiger partial charge in [0.1, 0.15) is 10.8 Å². The summed E-state index contributed by atoms with van der Waals surface area (Å²) in [5, 5.41) is 5.61. The number of primary amides is 1.